The van der Waals surface area contributed by atoms with E-state index in [1.54, 1.807) is 4.90 Å². The highest BCUT2D eigenvalue weighted by atomic mass is 16.4. The number of hydrogen-bond acceptors (Lipinski definition) is 3. The summed E-state index contributed by atoms with van der Waals surface area (Å²) in [6, 6.07) is 9.18. The number of para-hydroxylation sites is 1. The van der Waals surface area contributed by atoms with E-state index in [4.69, 9.17) is 5.11 Å². The van der Waals surface area contributed by atoms with Gasteiger partial charge in [0.15, 0.2) is 0 Å². The molecule has 1 saturated heterocycles. The van der Waals surface area contributed by atoms with Crippen LogP contribution in [0.1, 0.15) is 12.8 Å². The van der Waals surface area contributed by atoms with Crippen molar-refractivity contribution in [2.24, 2.45) is 5.92 Å². The molecule has 1 heterocycles. The van der Waals surface area contributed by atoms with Crippen molar-refractivity contribution in [3.63, 3.8) is 0 Å². The normalized spacial score (nSPS) is 18.1. The molecule has 6 nitrogen and oxygen atoms in total. The Balaban J connectivity index is 1.92. The predicted octanol–water partition coefficient (Wildman–Crippen LogP) is 0.630. The minimum absolute atomic E-state index is 0.0875. The number of hydrogen-bond donors (Lipinski definition) is 2. The van der Waals surface area contributed by atoms with Gasteiger partial charge in [-0.3, -0.25) is 14.4 Å². The second kappa shape index (κ2) is 6.18. The number of aliphatic carboxylic acids is 1. The smallest absolute Gasteiger partial charge is 0.305 e. The lowest BCUT2D eigenvalue weighted by molar-refractivity contribution is -0.137. The number of amides is 2. The standard InChI is InChI=1S/C14H16N2O4/c17-12-8-10(14(20)15-7-6-13(18)19)9-16(12)11-4-2-1-3-5-11/h1-5,10H,6-9H2,(H,15,20)(H,18,19)/t10-/m0/s1. The molecule has 2 rings (SSSR count). The molecule has 1 aromatic carbocycles. The minimum Gasteiger partial charge on any atom is -0.481 e. The summed E-state index contributed by atoms with van der Waals surface area (Å²) in [5.74, 6) is -1.73. The Bertz CT molecular complexity index is 515. The van der Waals surface area contributed by atoms with Crippen molar-refractivity contribution in [2.75, 3.05) is 18.0 Å². The quantitative estimate of drug-likeness (QED) is 0.826. The van der Waals surface area contributed by atoms with Gasteiger partial charge < -0.3 is 15.3 Å². The summed E-state index contributed by atoms with van der Waals surface area (Å²) >= 11 is 0. The van der Waals surface area contributed by atoms with E-state index in [2.05, 4.69) is 5.32 Å². The van der Waals surface area contributed by atoms with Crippen LogP contribution in [0, 0.1) is 5.92 Å². The number of anilines is 1. The maximum atomic E-state index is 11.9. The van der Waals surface area contributed by atoms with Crippen LogP contribution >= 0.6 is 0 Å². The van der Waals surface area contributed by atoms with Gasteiger partial charge in [0.2, 0.25) is 11.8 Å². The second-order valence-corrected chi connectivity index (χ2v) is 4.68. The number of carboxylic acid groups (broad SMARTS) is 1. The molecule has 0 saturated carbocycles. The molecule has 1 atom stereocenters. The van der Waals surface area contributed by atoms with E-state index in [0.717, 1.165) is 5.69 Å². The van der Waals surface area contributed by atoms with Gasteiger partial charge in [-0.2, -0.15) is 0 Å². The first-order valence-corrected chi connectivity index (χ1v) is 6.43. The molecule has 1 aliphatic heterocycles. The first-order chi connectivity index (χ1) is 9.58. The molecule has 0 aliphatic carbocycles. The molecule has 0 bridgehead atoms. The van der Waals surface area contributed by atoms with Crippen molar-refractivity contribution in [3.8, 4) is 0 Å². The number of nitrogens with zero attached hydrogens (tertiary/aromatic N) is 1. The van der Waals surface area contributed by atoms with Gasteiger partial charge in [0.25, 0.3) is 0 Å². The summed E-state index contributed by atoms with van der Waals surface area (Å²) in [4.78, 5) is 35.8. The van der Waals surface area contributed by atoms with Crippen LogP contribution in [-0.4, -0.2) is 36.0 Å². The van der Waals surface area contributed by atoms with Gasteiger partial charge in [0.05, 0.1) is 12.3 Å². The van der Waals surface area contributed by atoms with Crippen LogP contribution < -0.4 is 10.2 Å². The van der Waals surface area contributed by atoms with Gasteiger partial charge in [-0.1, -0.05) is 18.2 Å². The van der Waals surface area contributed by atoms with E-state index in [1.807, 2.05) is 30.3 Å². The molecule has 0 aromatic heterocycles. The lowest BCUT2D eigenvalue weighted by Crippen LogP contribution is -2.34. The van der Waals surface area contributed by atoms with Crippen LogP contribution in [0.4, 0.5) is 5.69 Å². The highest BCUT2D eigenvalue weighted by molar-refractivity contribution is 6.00. The fourth-order valence-corrected chi connectivity index (χ4v) is 2.18. The lowest BCUT2D eigenvalue weighted by Gasteiger charge is -2.16. The van der Waals surface area contributed by atoms with E-state index in [1.165, 1.54) is 0 Å². The Kier molecular flexibility index (Phi) is 4.34. The number of carboxylic acids is 1. The van der Waals surface area contributed by atoms with E-state index >= 15 is 0 Å². The SMILES string of the molecule is O=C(O)CCNC(=O)[C@H]1CC(=O)N(c2ccccc2)C1. The Hall–Kier alpha value is -2.37. The summed E-state index contributed by atoms with van der Waals surface area (Å²) < 4.78 is 0. The molecule has 1 aromatic rings. The summed E-state index contributed by atoms with van der Waals surface area (Å²) in [7, 11) is 0. The molecule has 20 heavy (non-hydrogen) atoms. The number of carbonyl (C=O) groups is 3. The van der Waals surface area contributed by atoms with Gasteiger partial charge in [-0.25, -0.2) is 0 Å². The molecular weight excluding hydrogens is 260 g/mol. The molecule has 2 N–H and O–H groups in total. The van der Waals surface area contributed by atoms with Crippen molar-refractivity contribution < 1.29 is 19.5 Å². The fourth-order valence-electron chi connectivity index (χ4n) is 2.18. The average Bonchev–Trinajstić information content (AvgIpc) is 2.81. The van der Waals surface area contributed by atoms with Gasteiger partial charge in [-0.05, 0) is 12.1 Å². The monoisotopic (exact) mass is 276 g/mol. The van der Waals surface area contributed by atoms with Crippen molar-refractivity contribution in [2.45, 2.75) is 12.8 Å². The summed E-state index contributed by atoms with van der Waals surface area (Å²) in [5.41, 5.74) is 0.776. The van der Waals surface area contributed by atoms with E-state index in [-0.39, 0.29) is 31.2 Å². The molecule has 0 unspecified atom stereocenters. The minimum atomic E-state index is -0.960. The van der Waals surface area contributed by atoms with Gasteiger partial charge >= 0.3 is 5.97 Å². The third-order valence-electron chi connectivity index (χ3n) is 3.20. The predicted molar refractivity (Wildman–Crippen MR) is 72.2 cm³/mol. The zero-order valence-corrected chi connectivity index (χ0v) is 10.9. The number of rotatable bonds is 5. The number of nitrogens with one attached hydrogen (secondary N) is 1. The summed E-state index contributed by atoms with van der Waals surface area (Å²) in [6.45, 7) is 0.423. The molecule has 0 radical (unpaired) electrons. The largest absolute Gasteiger partial charge is 0.481 e. The molecular formula is C14H16N2O4. The third kappa shape index (κ3) is 3.34. The summed E-state index contributed by atoms with van der Waals surface area (Å²) in [6.07, 6.45) is 0.0443. The highest BCUT2D eigenvalue weighted by Gasteiger charge is 2.34. The Morgan fingerprint density at radius 1 is 1.30 bits per heavy atom. The van der Waals surface area contributed by atoms with Crippen LogP contribution in [0.2, 0.25) is 0 Å². The van der Waals surface area contributed by atoms with Crippen LogP contribution in [0.15, 0.2) is 30.3 Å². The molecule has 0 spiro atoms. The molecule has 1 fully saturated rings. The molecule has 6 heteroatoms. The topological polar surface area (TPSA) is 86.7 Å². The van der Waals surface area contributed by atoms with Gasteiger partial charge in [0, 0.05) is 25.2 Å². The van der Waals surface area contributed by atoms with Gasteiger partial charge in [-0.15, -0.1) is 0 Å². The highest BCUT2D eigenvalue weighted by Crippen LogP contribution is 2.24. The Morgan fingerprint density at radius 3 is 2.65 bits per heavy atom. The Morgan fingerprint density at radius 2 is 2.00 bits per heavy atom. The third-order valence-corrected chi connectivity index (χ3v) is 3.20. The molecule has 2 amide bonds. The fraction of sp³-hybridized carbons (Fsp3) is 0.357. The molecule has 106 valence electrons. The summed E-state index contributed by atoms with van der Waals surface area (Å²) in [5, 5.41) is 11.1. The first kappa shape index (κ1) is 14.0. The Labute approximate surface area is 116 Å². The van der Waals surface area contributed by atoms with Crippen LogP contribution in [-0.2, 0) is 14.4 Å². The molecule has 1 aliphatic rings. The van der Waals surface area contributed by atoms with Crippen molar-refractivity contribution in [3.05, 3.63) is 30.3 Å². The van der Waals surface area contributed by atoms with Gasteiger partial charge in [0.1, 0.15) is 0 Å². The van der Waals surface area contributed by atoms with Crippen LogP contribution in [0.3, 0.4) is 0 Å². The van der Waals surface area contributed by atoms with Crippen molar-refractivity contribution in [1.82, 2.24) is 5.32 Å². The van der Waals surface area contributed by atoms with E-state index < -0.39 is 11.9 Å². The van der Waals surface area contributed by atoms with Crippen molar-refractivity contribution >= 4 is 23.5 Å². The van der Waals surface area contributed by atoms with E-state index in [0.29, 0.717) is 6.54 Å². The van der Waals surface area contributed by atoms with Crippen LogP contribution in [0.25, 0.3) is 0 Å². The lowest BCUT2D eigenvalue weighted by atomic mass is 10.1. The van der Waals surface area contributed by atoms with E-state index in [9.17, 15) is 14.4 Å². The maximum Gasteiger partial charge on any atom is 0.305 e. The van der Waals surface area contributed by atoms with Crippen molar-refractivity contribution in [1.29, 1.82) is 0 Å². The maximum absolute atomic E-state index is 11.9. The van der Waals surface area contributed by atoms with Crippen LogP contribution in [0.5, 0.6) is 0 Å². The average molecular weight is 276 g/mol. The second-order valence-electron chi connectivity index (χ2n) is 4.68. The first-order valence-electron chi connectivity index (χ1n) is 6.43. The zero-order chi connectivity index (χ0) is 14.5. The number of carbonyl (C=O) groups excluding carboxylic acids is 2. The zero-order valence-electron chi connectivity index (χ0n) is 10.9. The number of benzene rings is 1.